The van der Waals surface area contributed by atoms with Gasteiger partial charge in [0.25, 0.3) is 5.56 Å². The van der Waals surface area contributed by atoms with Crippen LogP contribution in [0.3, 0.4) is 0 Å². The molecule has 0 bridgehead atoms. The normalized spacial score (nSPS) is 17.1. The SMILES string of the molecule is COc1nc(-c2cccc(-c3cccc(-c4ccn5c(=O)c(CNC[C@@H]6CCC(=O)N6)cnc5c4)c3Cl)c2Cl)cc(Cl)c1CNC[C@@H]1CCC(=O)N1. The fraction of sp³-hybridized carbons (Fsp3) is 0.289. The van der Waals surface area contributed by atoms with Gasteiger partial charge in [0, 0.05) is 96.9 Å². The van der Waals surface area contributed by atoms with Crippen LogP contribution in [0.1, 0.15) is 36.8 Å². The minimum absolute atomic E-state index is 0.0564. The third-order valence-corrected chi connectivity index (χ3v) is 10.6. The molecule has 2 saturated heterocycles. The lowest BCUT2D eigenvalue weighted by Crippen LogP contribution is -2.36. The molecule has 0 radical (unpaired) electrons. The summed E-state index contributed by atoms with van der Waals surface area (Å²) >= 11 is 21.0. The van der Waals surface area contributed by atoms with Gasteiger partial charge in [0.2, 0.25) is 17.7 Å². The topological polar surface area (TPSA) is 139 Å². The van der Waals surface area contributed by atoms with Crippen LogP contribution in [0.4, 0.5) is 0 Å². The van der Waals surface area contributed by atoms with E-state index in [-0.39, 0.29) is 29.5 Å². The van der Waals surface area contributed by atoms with E-state index >= 15 is 0 Å². The van der Waals surface area contributed by atoms with Crippen molar-refractivity contribution in [2.24, 2.45) is 0 Å². The van der Waals surface area contributed by atoms with Crippen molar-refractivity contribution < 1.29 is 14.3 Å². The molecule has 7 rings (SSSR count). The maximum atomic E-state index is 13.3. The average molecular weight is 761 g/mol. The van der Waals surface area contributed by atoms with Crippen LogP contribution in [0.15, 0.2) is 71.8 Å². The van der Waals surface area contributed by atoms with Gasteiger partial charge in [-0.1, -0.05) is 71.2 Å². The predicted molar refractivity (Wildman–Crippen MR) is 203 cm³/mol. The first-order valence-electron chi connectivity index (χ1n) is 17.0. The van der Waals surface area contributed by atoms with E-state index < -0.39 is 0 Å². The number of carbonyl (C=O) groups excluding carboxylic acids is 2. The molecule has 268 valence electrons. The highest BCUT2D eigenvalue weighted by molar-refractivity contribution is 6.39. The van der Waals surface area contributed by atoms with Crippen LogP contribution in [0.2, 0.25) is 15.1 Å². The second-order valence-corrected chi connectivity index (χ2v) is 14.1. The van der Waals surface area contributed by atoms with Gasteiger partial charge in [0.1, 0.15) is 5.65 Å². The van der Waals surface area contributed by atoms with Crippen molar-refractivity contribution >= 4 is 52.3 Å². The molecular weight excluding hydrogens is 725 g/mol. The minimum atomic E-state index is -0.170. The van der Waals surface area contributed by atoms with E-state index in [1.807, 2.05) is 48.5 Å². The lowest BCUT2D eigenvalue weighted by Gasteiger charge is -2.17. The number of nitrogens with one attached hydrogen (secondary N) is 4. The van der Waals surface area contributed by atoms with Gasteiger partial charge in [0.15, 0.2) is 0 Å². The van der Waals surface area contributed by atoms with Crippen molar-refractivity contribution in [2.45, 2.75) is 50.9 Å². The third kappa shape index (κ3) is 7.51. The summed E-state index contributed by atoms with van der Waals surface area (Å²) in [6, 6.07) is 16.9. The zero-order chi connectivity index (χ0) is 36.4. The monoisotopic (exact) mass is 759 g/mol. The molecule has 2 amide bonds. The number of methoxy groups -OCH3 is 1. The van der Waals surface area contributed by atoms with E-state index in [1.54, 1.807) is 25.6 Å². The van der Waals surface area contributed by atoms with Crippen molar-refractivity contribution in [3.8, 4) is 39.4 Å². The Bertz CT molecular complexity index is 2250. The van der Waals surface area contributed by atoms with Crippen LogP contribution in [0.25, 0.3) is 39.2 Å². The first kappa shape index (κ1) is 35.9. The first-order chi connectivity index (χ1) is 25.2. The summed E-state index contributed by atoms with van der Waals surface area (Å²) in [7, 11) is 1.54. The number of carbonyl (C=O) groups is 2. The Labute approximate surface area is 315 Å². The maximum Gasteiger partial charge on any atom is 0.262 e. The molecule has 0 spiro atoms. The zero-order valence-corrected chi connectivity index (χ0v) is 30.5. The molecule has 0 aliphatic carbocycles. The standard InChI is InChI=1S/C38H36Cl3N7O4/c1-52-37-29(20-43-19-24-9-11-34(50)46-24)30(39)15-31(47-37)28-7-3-6-27(36(28)41)26-5-2-4-25(35(26)40)21-12-13-48-32(14-21)44-17-22(38(48)51)16-42-18-23-8-10-33(49)45-23/h2-7,12-15,17,23-24,42-43H,8-11,16,18-20H2,1H3,(H,45,49)(H,46,50)/t23-,24-/m0/s1. The fourth-order valence-corrected chi connectivity index (χ4v) is 7.61. The van der Waals surface area contributed by atoms with E-state index in [9.17, 15) is 14.4 Å². The number of hydrogen-bond acceptors (Lipinski definition) is 8. The summed E-state index contributed by atoms with van der Waals surface area (Å²) in [4.78, 5) is 45.6. The smallest absolute Gasteiger partial charge is 0.262 e. The lowest BCUT2D eigenvalue weighted by atomic mass is 9.97. The summed E-state index contributed by atoms with van der Waals surface area (Å²) in [6.45, 7) is 1.95. The van der Waals surface area contributed by atoms with Gasteiger partial charge in [0.05, 0.1) is 27.9 Å². The molecule has 4 N–H and O–H groups in total. The third-order valence-electron chi connectivity index (χ3n) is 9.45. The summed E-state index contributed by atoms with van der Waals surface area (Å²) in [5, 5.41) is 13.9. The molecule has 3 aromatic heterocycles. The Morgan fingerprint density at radius 1 is 0.827 bits per heavy atom. The molecule has 2 aliphatic heterocycles. The zero-order valence-electron chi connectivity index (χ0n) is 28.3. The Morgan fingerprint density at radius 2 is 1.44 bits per heavy atom. The molecule has 2 fully saturated rings. The van der Waals surface area contributed by atoms with Crippen molar-refractivity contribution in [3.05, 3.63) is 104 Å². The number of ether oxygens (including phenoxy) is 1. The number of benzene rings is 2. The largest absolute Gasteiger partial charge is 0.481 e. The van der Waals surface area contributed by atoms with Crippen LogP contribution in [-0.4, -0.2) is 58.5 Å². The second-order valence-electron chi connectivity index (χ2n) is 12.9. The molecule has 2 aromatic carbocycles. The summed E-state index contributed by atoms with van der Waals surface area (Å²) in [5.74, 6) is 0.497. The molecule has 2 aliphatic rings. The number of nitrogens with zero attached hydrogens (tertiary/aromatic N) is 3. The van der Waals surface area contributed by atoms with Crippen LogP contribution in [0.5, 0.6) is 5.88 Å². The number of fused-ring (bicyclic) bond motifs is 1. The van der Waals surface area contributed by atoms with Gasteiger partial charge in [-0.15, -0.1) is 0 Å². The molecule has 14 heteroatoms. The number of pyridine rings is 2. The molecule has 0 saturated carbocycles. The van der Waals surface area contributed by atoms with Gasteiger partial charge in [-0.3, -0.25) is 18.8 Å². The Kier molecular flexibility index (Phi) is 10.8. The molecule has 5 aromatic rings. The molecule has 52 heavy (non-hydrogen) atoms. The predicted octanol–water partition coefficient (Wildman–Crippen LogP) is 5.80. The van der Waals surface area contributed by atoms with Gasteiger partial charge in [-0.2, -0.15) is 0 Å². The Morgan fingerprint density at radius 3 is 2.08 bits per heavy atom. The van der Waals surface area contributed by atoms with Crippen molar-refractivity contribution in [3.63, 3.8) is 0 Å². The molecule has 11 nitrogen and oxygen atoms in total. The van der Waals surface area contributed by atoms with Crippen molar-refractivity contribution in [1.29, 1.82) is 0 Å². The van der Waals surface area contributed by atoms with Crippen molar-refractivity contribution in [2.75, 3.05) is 20.2 Å². The molecular formula is C38H36Cl3N7O4. The molecule has 5 heterocycles. The van der Waals surface area contributed by atoms with E-state index in [1.165, 1.54) is 4.40 Å². The fourth-order valence-electron chi connectivity index (χ4n) is 6.70. The highest BCUT2D eigenvalue weighted by atomic mass is 35.5. The number of aromatic nitrogens is 3. The Balaban J connectivity index is 1.12. The number of rotatable bonds is 12. The van der Waals surface area contributed by atoms with E-state index in [0.29, 0.717) is 99.1 Å². The highest BCUT2D eigenvalue weighted by Gasteiger charge is 2.23. The van der Waals surface area contributed by atoms with Gasteiger partial charge >= 0.3 is 0 Å². The van der Waals surface area contributed by atoms with Crippen LogP contribution < -0.4 is 31.6 Å². The number of halogens is 3. The van der Waals surface area contributed by atoms with E-state index in [2.05, 4.69) is 26.3 Å². The summed E-state index contributed by atoms with van der Waals surface area (Å²) < 4.78 is 7.15. The van der Waals surface area contributed by atoms with Crippen molar-refractivity contribution in [1.82, 2.24) is 35.6 Å². The van der Waals surface area contributed by atoms with Crippen LogP contribution >= 0.6 is 34.8 Å². The Hall–Kier alpha value is -4.52. The van der Waals surface area contributed by atoms with E-state index in [4.69, 9.17) is 44.5 Å². The first-order valence-corrected chi connectivity index (χ1v) is 18.2. The molecule has 2 atom stereocenters. The lowest BCUT2D eigenvalue weighted by molar-refractivity contribution is -0.120. The number of hydrogen-bond donors (Lipinski definition) is 4. The molecule has 0 unspecified atom stereocenters. The van der Waals surface area contributed by atoms with Gasteiger partial charge < -0.3 is 26.0 Å². The summed E-state index contributed by atoms with van der Waals surface area (Å²) in [6.07, 6.45) is 5.93. The number of amides is 2. The van der Waals surface area contributed by atoms with E-state index in [0.717, 1.165) is 24.0 Å². The summed E-state index contributed by atoms with van der Waals surface area (Å²) in [5.41, 5.74) is 5.69. The maximum absolute atomic E-state index is 13.3. The van der Waals surface area contributed by atoms with Gasteiger partial charge in [-0.25, -0.2) is 9.97 Å². The van der Waals surface area contributed by atoms with Crippen LogP contribution in [-0.2, 0) is 22.7 Å². The van der Waals surface area contributed by atoms with Gasteiger partial charge in [-0.05, 0) is 36.6 Å². The second kappa shape index (κ2) is 15.6. The van der Waals surface area contributed by atoms with Crippen LogP contribution in [0, 0.1) is 0 Å². The minimum Gasteiger partial charge on any atom is -0.481 e. The average Bonchev–Trinajstić information content (AvgIpc) is 3.76. The quantitative estimate of drug-likeness (QED) is 0.125. The highest BCUT2D eigenvalue weighted by Crippen LogP contribution is 2.43.